The Bertz CT molecular complexity index is 742. The zero-order valence-electron chi connectivity index (χ0n) is 16.2. The fourth-order valence-corrected chi connectivity index (χ4v) is 6.98. The van der Waals surface area contributed by atoms with Crippen molar-refractivity contribution in [1.82, 2.24) is 9.80 Å². The number of hydrogen-bond donors (Lipinski definition) is 0. The van der Waals surface area contributed by atoms with E-state index >= 15 is 0 Å². The quantitative estimate of drug-likeness (QED) is 0.582. The smallest absolute Gasteiger partial charge is 0.348 e. The van der Waals surface area contributed by atoms with Gasteiger partial charge in [-0.3, -0.25) is 9.80 Å². The molecule has 1 aromatic heterocycles. The van der Waals surface area contributed by atoms with E-state index in [-0.39, 0.29) is 5.97 Å². The Morgan fingerprint density at radius 3 is 3.11 bits per heavy atom. The van der Waals surface area contributed by atoms with Crippen LogP contribution >= 0.6 is 11.3 Å². The summed E-state index contributed by atoms with van der Waals surface area (Å²) < 4.78 is 4.87. The molecule has 2 bridgehead atoms. The highest BCUT2D eigenvalue weighted by Gasteiger charge is 2.45. The maximum absolute atomic E-state index is 11.8. The molecule has 3 fully saturated rings. The van der Waals surface area contributed by atoms with Crippen LogP contribution in [0.2, 0.25) is 0 Å². The van der Waals surface area contributed by atoms with E-state index in [1.807, 2.05) is 6.07 Å². The number of piperidine rings is 3. The Morgan fingerprint density at radius 2 is 2.22 bits per heavy atom. The van der Waals surface area contributed by atoms with Gasteiger partial charge < -0.3 is 4.74 Å². The molecule has 0 unspecified atom stereocenters. The summed E-state index contributed by atoms with van der Waals surface area (Å²) in [5, 5.41) is 2.14. The summed E-state index contributed by atoms with van der Waals surface area (Å²) in [5.41, 5.74) is 2.98. The second kappa shape index (κ2) is 7.34. The van der Waals surface area contributed by atoms with E-state index in [1.165, 1.54) is 82.2 Å². The van der Waals surface area contributed by atoms with Gasteiger partial charge in [-0.15, -0.1) is 11.3 Å². The molecular formula is C22H30N2O2S. The van der Waals surface area contributed by atoms with Gasteiger partial charge in [-0.2, -0.15) is 0 Å². The average molecular weight is 387 g/mol. The molecular weight excluding hydrogens is 356 g/mol. The maximum atomic E-state index is 11.8. The van der Waals surface area contributed by atoms with Crippen molar-refractivity contribution in [3.63, 3.8) is 0 Å². The Hall–Kier alpha value is -1.17. The third-order valence-electron chi connectivity index (χ3n) is 7.19. The van der Waals surface area contributed by atoms with Crippen LogP contribution in [0.15, 0.2) is 23.1 Å². The molecule has 4 atom stereocenters. The molecule has 5 rings (SSSR count). The van der Waals surface area contributed by atoms with Crippen molar-refractivity contribution in [2.24, 2.45) is 11.8 Å². The van der Waals surface area contributed by atoms with E-state index in [2.05, 4.69) is 21.3 Å². The molecule has 27 heavy (non-hydrogen) atoms. The van der Waals surface area contributed by atoms with Crippen molar-refractivity contribution < 1.29 is 9.53 Å². The summed E-state index contributed by atoms with van der Waals surface area (Å²) in [6.07, 6.45) is 10.8. The highest BCUT2D eigenvalue weighted by atomic mass is 32.1. The zero-order valence-corrected chi connectivity index (χ0v) is 17.0. The minimum absolute atomic E-state index is 0.214. The van der Waals surface area contributed by atoms with Gasteiger partial charge in [-0.1, -0.05) is 18.1 Å². The molecule has 5 heteroatoms. The number of likely N-dealkylation sites (tertiary alicyclic amines) is 1. The Kier molecular flexibility index (Phi) is 4.87. The van der Waals surface area contributed by atoms with Crippen LogP contribution in [0.25, 0.3) is 0 Å². The Labute approximate surface area is 166 Å². The number of ether oxygens (including phenoxy) is 1. The molecule has 4 nitrogen and oxygen atoms in total. The topological polar surface area (TPSA) is 32.8 Å². The zero-order chi connectivity index (χ0) is 18.4. The molecule has 3 aliphatic heterocycles. The molecule has 0 aromatic carbocycles. The highest BCUT2D eigenvalue weighted by Crippen LogP contribution is 2.45. The van der Waals surface area contributed by atoms with Gasteiger partial charge in [0.05, 0.1) is 7.11 Å². The van der Waals surface area contributed by atoms with Gasteiger partial charge >= 0.3 is 5.97 Å². The number of methoxy groups -OCH3 is 1. The van der Waals surface area contributed by atoms with E-state index < -0.39 is 0 Å². The summed E-state index contributed by atoms with van der Waals surface area (Å²) >= 11 is 1.51. The van der Waals surface area contributed by atoms with Crippen LogP contribution in [0.5, 0.6) is 0 Å². The number of carbonyl (C=O) groups is 1. The van der Waals surface area contributed by atoms with Crippen molar-refractivity contribution >= 4 is 17.3 Å². The monoisotopic (exact) mass is 386 g/mol. The molecule has 0 saturated carbocycles. The van der Waals surface area contributed by atoms with Gasteiger partial charge in [0, 0.05) is 25.2 Å². The first kappa shape index (κ1) is 17.9. The van der Waals surface area contributed by atoms with Crippen LogP contribution in [-0.4, -0.2) is 54.6 Å². The van der Waals surface area contributed by atoms with E-state index in [9.17, 15) is 4.79 Å². The van der Waals surface area contributed by atoms with Gasteiger partial charge in [0.1, 0.15) is 4.88 Å². The minimum Gasteiger partial charge on any atom is -0.465 e. The van der Waals surface area contributed by atoms with Crippen molar-refractivity contribution in [2.75, 3.05) is 26.7 Å². The van der Waals surface area contributed by atoms with E-state index in [0.717, 1.165) is 29.3 Å². The van der Waals surface area contributed by atoms with Crippen molar-refractivity contribution in [1.29, 1.82) is 0 Å². The maximum Gasteiger partial charge on any atom is 0.348 e. The first-order valence-corrected chi connectivity index (χ1v) is 11.5. The number of hydrogen-bond acceptors (Lipinski definition) is 5. The molecule has 4 heterocycles. The first-order chi connectivity index (χ1) is 13.2. The van der Waals surface area contributed by atoms with Crippen LogP contribution in [0.4, 0.5) is 0 Å². The van der Waals surface area contributed by atoms with E-state index in [1.54, 1.807) is 5.57 Å². The number of carbonyl (C=O) groups excluding carboxylic acids is 1. The van der Waals surface area contributed by atoms with Gasteiger partial charge in [0.25, 0.3) is 0 Å². The van der Waals surface area contributed by atoms with Crippen molar-refractivity contribution in [2.45, 2.75) is 57.2 Å². The molecule has 0 radical (unpaired) electrons. The number of thiophene rings is 1. The SMILES string of the molecule is COC(=O)c1cc(CN2CCCC3=C[C@H]4C[C@@H](CN5CCCC[C@H]45)[C@@H]32)cs1. The minimum atomic E-state index is -0.214. The average Bonchev–Trinajstić information content (AvgIpc) is 3.16. The van der Waals surface area contributed by atoms with Gasteiger partial charge in [0.2, 0.25) is 0 Å². The Balaban J connectivity index is 1.37. The summed E-state index contributed by atoms with van der Waals surface area (Å²) in [6.45, 7) is 4.73. The Morgan fingerprint density at radius 1 is 1.30 bits per heavy atom. The predicted octanol–water partition coefficient (Wildman–Crippen LogP) is 3.93. The van der Waals surface area contributed by atoms with Gasteiger partial charge in [-0.25, -0.2) is 4.79 Å². The first-order valence-electron chi connectivity index (χ1n) is 10.6. The predicted molar refractivity (Wildman–Crippen MR) is 108 cm³/mol. The lowest BCUT2D eigenvalue weighted by Crippen LogP contribution is -2.58. The largest absolute Gasteiger partial charge is 0.465 e. The summed E-state index contributed by atoms with van der Waals surface area (Å²) in [6, 6.07) is 3.46. The molecule has 1 aromatic rings. The van der Waals surface area contributed by atoms with Crippen LogP contribution in [0.1, 0.15) is 53.8 Å². The number of fused-ring (bicyclic) bond motifs is 6. The molecule has 146 valence electrons. The van der Waals surface area contributed by atoms with E-state index in [4.69, 9.17) is 4.74 Å². The van der Waals surface area contributed by atoms with Gasteiger partial charge in [-0.05, 0) is 74.0 Å². The molecule has 1 aliphatic carbocycles. The van der Waals surface area contributed by atoms with Crippen molar-refractivity contribution in [3.8, 4) is 0 Å². The molecule has 0 amide bonds. The molecule has 0 spiro atoms. The summed E-state index contributed by atoms with van der Waals surface area (Å²) in [4.78, 5) is 18.0. The lowest BCUT2D eigenvalue weighted by Gasteiger charge is -2.54. The highest BCUT2D eigenvalue weighted by molar-refractivity contribution is 7.12. The second-order valence-electron chi connectivity index (χ2n) is 8.79. The standard InChI is InChI=1S/C22H30N2O2S/c1-26-22(25)20-9-15(14-27-20)12-24-8-4-5-16-10-17-11-18(21(16)24)13-23-7-3-2-6-19(17)23/h9-10,14,17-19,21H,2-8,11-13H2,1H3/t17-,18-,19+,21+/m0/s1. The van der Waals surface area contributed by atoms with Crippen LogP contribution in [-0.2, 0) is 11.3 Å². The van der Waals surface area contributed by atoms with Crippen LogP contribution in [0.3, 0.4) is 0 Å². The molecule has 4 aliphatic rings. The van der Waals surface area contributed by atoms with E-state index in [0.29, 0.717) is 6.04 Å². The number of nitrogens with zero attached hydrogens (tertiary/aromatic N) is 2. The lowest BCUT2D eigenvalue weighted by molar-refractivity contribution is -0.00262. The lowest BCUT2D eigenvalue weighted by atomic mass is 9.68. The molecule has 3 saturated heterocycles. The number of rotatable bonds is 3. The fourth-order valence-electron chi connectivity index (χ4n) is 6.16. The second-order valence-corrected chi connectivity index (χ2v) is 9.70. The molecule has 0 N–H and O–H groups in total. The number of esters is 1. The summed E-state index contributed by atoms with van der Waals surface area (Å²) in [5.74, 6) is 1.36. The normalized spacial score (nSPS) is 33.7. The third kappa shape index (κ3) is 3.28. The van der Waals surface area contributed by atoms with Crippen LogP contribution < -0.4 is 0 Å². The third-order valence-corrected chi connectivity index (χ3v) is 8.15. The fraction of sp³-hybridized carbons (Fsp3) is 0.682. The van der Waals surface area contributed by atoms with Gasteiger partial charge in [0.15, 0.2) is 0 Å². The van der Waals surface area contributed by atoms with Crippen molar-refractivity contribution in [3.05, 3.63) is 33.5 Å². The summed E-state index contributed by atoms with van der Waals surface area (Å²) in [7, 11) is 1.46. The van der Waals surface area contributed by atoms with Crippen LogP contribution in [0, 0.1) is 11.8 Å².